The first-order valence-electron chi connectivity index (χ1n) is 6.76. The van der Waals surface area contributed by atoms with E-state index in [0.717, 1.165) is 18.8 Å². The Morgan fingerprint density at radius 3 is 2.61 bits per heavy atom. The number of amides is 1. The van der Waals surface area contributed by atoms with Gasteiger partial charge in [-0.1, -0.05) is 31.5 Å². The lowest BCUT2D eigenvalue weighted by Gasteiger charge is -2.21. The fourth-order valence-corrected chi connectivity index (χ4v) is 1.88. The van der Waals surface area contributed by atoms with Crippen molar-refractivity contribution in [1.29, 1.82) is 0 Å². The molecule has 1 N–H and O–H groups in total. The predicted molar refractivity (Wildman–Crippen MR) is 76.6 cm³/mol. The molecular weight excluding hydrogens is 224 g/mol. The van der Waals surface area contributed by atoms with Crippen molar-refractivity contribution in [3.63, 3.8) is 0 Å². The first-order chi connectivity index (χ1) is 8.69. The van der Waals surface area contributed by atoms with Gasteiger partial charge in [-0.25, -0.2) is 0 Å². The van der Waals surface area contributed by atoms with Gasteiger partial charge in [0.1, 0.15) is 0 Å². The van der Waals surface area contributed by atoms with Gasteiger partial charge in [0.25, 0.3) is 0 Å². The fraction of sp³-hybridized carbons (Fsp3) is 0.533. The number of rotatable bonds is 7. The summed E-state index contributed by atoms with van der Waals surface area (Å²) in [7, 11) is 0. The average Bonchev–Trinajstić information content (AvgIpc) is 2.37. The zero-order valence-electron chi connectivity index (χ0n) is 11.7. The minimum atomic E-state index is 0.126. The van der Waals surface area contributed by atoms with E-state index in [2.05, 4.69) is 24.4 Å². The van der Waals surface area contributed by atoms with Gasteiger partial charge in [-0.15, -0.1) is 0 Å². The van der Waals surface area contributed by atoms with Crippen LogP contribution in [0, 0.1) is 0 Å². The summed E-state index contributed by atoms with van der Waals surface area (Å²) in [6.45, 7) is 8.23. The Bertz CT molecular complexity index is 377. The largest absolute Gasteiger partial charge is 0.385 e. The summed E-state index contributed by atoms with van der Waals surface area (Å²) in [6, 6.07) is 8.22. The topological polar surface area (TPSA) is 32.3 Å². The summed E-state index contributed by atoms with van der Waals surface area (Å²) in [5, 5.41) is 3.44. The Morgan fingerprint density at radius 2 is 2.00 bits per heavy atom. The van der Waals surface area contributed by atoms with Gasteiger partial charge in [-0.2, -0.15) is 0 Å². The maximum absolute atomic E-state index is 11.5. The lowest BCUT2D eigenvalue weighted by molar-refractivity contribution is -0.129. The van der Waals surface area contributed by atoms with Crippen LogP contribution < -0.4 is 5.32 Å². The van der Waals surface area contributed by atoms with Gasteiger partial charge in [0, 0.05) is 32.2 Å². The Labute approximate surface area is 110 Å². The number of anilines is 1. The van der Waals surface area contributed by atoms with Crippen LogP contribution in [0.2, 0.25) is 0 Å². The van der Waals surface area contributed by atoms with Gasteiger partial charge in [0.05, 0.1) is 0 Å². The maximum Gasteiger partial charge on any atom is 0.219 e. The first-order valence-corrected chi connectivity index (χ1v) is 6.76. The highest BCUT2D eigenvalue weighted by molar-refractivity contribution is 5.73. The van der Waals surface area contributed by atoms with E-state index in [1.54, 1.807) is 6.92 Å². The molecule has 0 unspecified atom stereocenters. The Balaban J connectivity index is 2.71. The van der Waals surface area contributed by atoms with Crippen LogP contribution in [0.5, 0.6) is 0 Å². The monoisotopic (exact) mass is 248 g/mol. The number of carbonyl (C=O) groups excluding carboxylic acids is 1. The van der Waals surface area contributed by atoms with Gasteiger partial charge in [-0.3, -0.25) is 4.79 Å². The van der Waals surface area contributed by atoms with Gasteiger partial charge in [-0.05, 0) is 25.0 Å². The van der Waals surface area contributed by atoms with E-state index in [1.165, 1.54) is 18.4 Å². The molecule has 0 aliphatic carbocycles. The quantitative estimate of drug-likeness (QED) is 0.751. The molecule has 0 fully saturated rings. The number of carbonyl (C=O) groups is 1. The van der Waals surface area contributed by atoms with Crippen LogP contribution in [-0.4, -0.2) is 23.9 Å². The molecule has 1 rings (SSSR count). The van der Waals surface area contributed by atoms with Gasteiger partial charge >= 0.3 is 0 Å². The summed E-state index contributed by atoms with van der Waals surface area (Å²) >= 11 is 0. The Morgan fingerprint density at radius 1 is 1.28 bits per heavy atom. The minimum Gasteiger partial charge on any atom is -0.385 e. The lowest BCUT2D eigenvalue weighted by Crippen LogP contribution is -2.28. The van der Waals surface area contributed by atoms with E-state index < -0.39 is 0 Å². The third kappa shape index (κ3) is 4.40. The van der Waals surface area contributed by atoms with Crippen molar-refractivity contribution in [2.24, 2.45) is 0 Å². The van der Waals surface area contributed by atoms with Crippen molar-refractivity contribution >= 4 is 11.6 Å². The molecule has 3 nitrogen and oxygen atoms in total. The molecule has 0 saturated carbocycles. The number of hydrogen-bond acceptors (Lipinski definition) is 2. The van der Waals surface area contributed by atoms with Crippen LogP contribution in [0.25, 0.3) is 0 Å². The zero-order valence-corrected chi connectivity index (χ0v) is 11.7. The fourth-order valence-electron chi connectivity index (χ4n) is 1.88. The van der Waals surface area contributed by atoms with Crippen molar-refractivity contribution in [3.8, 4) is 0 Å². The first kappa shape index (κ1) is 14.6. The number of nitrogens with zero attached hydrogens (tertiary/aromatic N) is 1. The van der Waals surface area contributed by atoms with E-state index in [1.807, 2.05) is 24.0 Å². The number of para-hydroxylation sites is 1. The molecule has 100 valence electrons. The van der Waals surface area contributed by atoms with Crippen molar-refractivity contribution in [2.75, 3.05) is 18.4 Å². The molecule has 1 aromatic rings. The van der Waals surface area contributed by atoms with Crippen LogP contribution in [0.3, 0.4) is 0 Å². The summed E-state index contributed by atoms with van der Waals surface area (Å²) < 4.78 is 0. The number of hydrogen-bond donors (Lipinski definition) is 1. The normalized spacial score (nSPS) is 10.2. The maximum atomic E-state index is 11.5. The summed E-state index contributed by atoms with van der Waals surface area (Å²) in [6.07, 6.45) is 2.35. The molecule has 1 aromatic carbocycles. The second-order valence-corrected chi connectivity index (χ2v) is 4.47. The Kier molecular flexibility index (Phi) is 6.26. The predicted octanol–water partition coefficient (Wildman–Crippen LogP) is 3.27. The zero-order chi connectivity index (χ0) is 13.4. The molecule has 18 heavy (non-hydrogen) atoms. The summed E-state index contributed by atoms with van der Waals surface area (Å²) in [5.74, 6) is 0.126. The van der Waals surface area contributed by atoms with E-state index in [4.69, 9.17) is 0 Å². The standard InChI is InChI=1S/C15H24N2O/c1-4-6-11-16-15-10-8-7-9-14(15)12-17(5-2)13(3)18/h7-10,16H,4-6,11-12H2,1-3H3. The second kappa shape index (κ2) is 7.75. The number of unbranched alkanes of at least 4 members (excludes halogenated alkanes) is 1. The second-order valence-electron chi connectivity index (χ2n) is 4.47. The highest BCUT2D eigenvalue weighted by atomic mass is 16.2. The smallest absolute Gasteiger partial charge is 0.219 e. The molecule has 0 atom stereocenters. The van der Waals surface area contributed by atoms with Crippen LogP contribution in [-0.2, 0) is 11.3 Å². The average molecular weight is 248 g/mol. The molecule has 0 bridgehead atoms. The van der Waals surface area contributed by atoms with Crippen molar-refractivity contribution < 1.29 is 4.79 Å². The van der Waals surface area contributed by atoms with E-state index in [0.29, 0.717) is 6.54 Å². The van der Waals surface area contributed by atoms with Gasteiger partial charge < -0.3 is 10.2 Å². The van der Waals surface area contributed by atoms with Crippen LogP contribution in [0.1, 0.15) is 39.2 Å². The molecule has 3 heteroatoms. The van der Waals surface area contributed by atoms with Crippen molar-refractivity contribution in [3.05, 3.63) is 29.8 Å². The van der Waals surface area contributed by atoms with Crippen molar-refractivity contribution in [2.45, 2.75) is 40.2 Å². The molecule has 1 amide bonds. The molecule has 0 saturated heterocycles. The summed E-state index contributed by atoms with van der Waals surface area (Å²) in [4.78, 5) is 13.3. The highest BCUT2D eigenvalue weighted by Crippen LogP contribution is 2.17. The molecule has 0 aliphatic heterocycles. The molecule has 0 radical (unpaired) electrons. The number of benzene rings is 1. The Hall–Kier alpha value is -1.51. The molecule has 0 aromatic heterocycles. The van der Waals surface area contributed by atoms with Gasteiger partial charge in [0.15, 0.2) is 0 Å². The number of nitrogens with one attached hydrogen (secondary N) is 1. The van der Waals surface area contributed by atoms with Gasteiger partial charge in [0.2, 0.25) is 5.91 Å². The molecule has 0 heterocycles. The third-order valence-corrected chi connectivity index (χ3v) is 3.05. The molecular formula is C15H24N2O. The van der Waals surface area contributed by atoms with Crippen LogP contribution in [0.15, 0.2) is 24.3 Å². The molecule has 0 aliphatic rings. The van der Waals surface area contributed by atoms with Crippen LogP contribution >= 0.6 is 0 Å². The SMILES string of the molecule is CCCCNc1ccccc1CN(CC)C(C)=O. The highest BCUT2D eigenvalue weighted by Gasteiger charge is 2.09. The minimum absolute atomic E-state index is 0.126. The van der Waals surface area contributed by atoms with E-state index in [9.17, 15) is 4.79 Å². The third-order valence-electron chi connectivity index (χ3n) is 3.05. The summed E-state index contributed by atoms with van der Waals surface area (Å²) in [5.41, 5.74) is 2.33. The van der Waals surface area contributed by atoms with E-state index >= 15 is 0 Å². The van der Waals surface area contributed by atoms with Crippen LogP contribution in [0.4, 0.5) is 5.69 Å². The lowest BCUT2D eigenvalue weighted by atomic mass is 10.1. The van der Waals surface area contributed by atoms with E-state index in [-0.39, 0.29) is 5.91 Å². The molecule has 0 spiro atoms. The van der Waals surface area contributed by atoms with Crippen molar-refractivity contribution in [1.82, 2.24) is 4.90 Å².